The van der Waals surface area contributed by atoms with Gasteiger partial charge in [0.1, 0.15) is 0 Å². The van der Waals surface area contributed by atoms with Crippen LogP contribution in [0.15, 0.2) is 35.3 Å². The van der Waals surface area contributed by atoms with Crippen LogP contribution in [0, 0.1) is 11.3 Å². The number of benzene rings is 1. The van der Waals surface area contributed by atoms with E-state index >= 15 is 0 Å². The fraction of sp³-hybridized carbons (Fsp3) is 0.708. The lowest BCUT2D eigenvalue weighted by Gasteiger charge is -2.63. The Morgan fingerprint density at radius 1 is 1.13 bits per heavy atom. The van der Waals surface area contributed by atoms with Crippen LogP contribution in [0.3, 0.4) is 0 Å². The molecule has 0 aromatic heterocycles. The van der Waals surface area contributed by atoms with Gasteiger partial charge in [-0.2, -0.15) is 0 Å². The Bertz CT molecular complexity index is 730. The number of guanidine groups is 1. The highest BCUT2D eigenvalue weighted by molar-refractivity contribution is 14.0. The van der Waals surface area contributed by atoms with Gasteiger partial charge in [-0.1, -0.05) is 36.8 Å². The van der Waals surface area contributed by atoms with E-state index in [0.29, 0.717) is 35.6 Å². The summed E-state index contributed by atoms with van der Waals surface area (Å²) in [6.45, 7) is 5.55. The molecule has 2 aliphatic carbocycles. The summed E-state index contributed by atoms with van der Waals surface area (Å²) in [7, 11) is 1.91. The van der Waals surface area contributed by atoms with Gasteiger partial charge < -0.3 is 15.4 Å². The van der Waals surface area contributed by atoms with Crippen LogP contribution in [0.25, 0.3) is 0 Å². The van der Waals surface area contributed by atoms with Gasteiger partial charge in [-0.15, -0.1) is 24.0 Å². The molecule has 1 aromatic carbocycles. The Kier molecular flexibility index (Phi) is 6.95. The van der Waals surface area contributed by atoms with E-state index in [1.165, 1.54) is 44.1 Å². The second-order valence-corrected chi connectivity index (χ2v) is 9.57. The number of hydrogen-bond donors (Lipinski definition) is 2. The first kappa shape index (κ1) is 22.3. The van der Waals surface area contributed by atoms with E-state index in [1.807, 2.05) is 7.05 Å². The van der Waals surface area contributed by atoms with Crippen molar-refractivity contribution < 1.29 is 4.74 Å². The zero-order valence-corrected chi connectivity index (χ0v) is 20.7. The Morgan fingerprint density at radius 3 is 2.50 bits per heavy atom. The average molecular weight is 524 g/mol. The summed E-state index contributed by atoms with van der Waals surface area (Å²) in [5.74, 6) is 1.68. The van der Waals surface area contributed by atoms with Crippen LogP contribution in [0.4, 0.5) is 0 Å². The standard InChI is InChI=1S/C24H36N4O.HI/c1-17(18-7-4-3-5-8-18)28-14-9-19(10-15-28)26-23(25-2)27-21-20-11-16-29-22(20)24(21)12-6-13-24;/h3-5,7-8,17,19-22H,6,9-16H2,1-2H3,(H2,25,26,27);1H. The maximum atomic E-state index is 6.07. The van der Waals surface area contributed by atoms with Crippen molar-refractivity contribution in [2.75, 3.05) is 26.7 Å². The van der Waals surface area contributed by atoms with Crippen molar-refractivity contribution in [2.45, 2.75) is 69.7 Å². The van der Waals surface area contributed by atoms with E-state index in [-0.39, 0.29) is 24.0 Å². The summed E-state index contributed by atoms with van der Waals surface area (Å²) in [6.07, 6.45) is 8.05. The minimum absolute atomic E-state index is 0. The molecule has 4 aliphatic rings. The molecule has 5 nitrogen and oxygen atoms in total. The SMILES string of the molecule is CN=C(NC1CCN(C(C)c2ccccc2)CC1)NC1C2CCOC2C12CCC2.I. The van der Waals surface area contributed by atoms with Crippen LogP contribution in [0.5, 0.6) is 0 Å². The first-order valence-corrected chi connectivity index (χ1v) is 11.6. The molecule has 4 unspecified atom stereocenters. The first-order valence-electron chi connectivity index (χ1n) is 11.6. The van der Waals surface area contributed by atoms with E-state index < -0.39 is 0 Å². The Labute approximate surface area is 198 Å². The van der Waals surface area contributed by atoms with E-state index in [1.54, 1.807) is 0 Å². The number of hydrogen-bond acceptors (Lipinski definition) is 3. The van der Waals surface area contributed by atoms with Crippen molar-refractivity contribution in [1.29, 1.82) is 0 Å². The van der Waals surface area contributed by atoms with Crippen molar-refractivity contribution >= 4 is 29.9 Å². The Hall–Kier alpha value is -0.860. The van der Waals surface area contributed by atoms with Gasteiger partial charge in [-0.25, -0.2) is 0 Å². The van der Waals surface area contributed by atoms with Crippen molar-refractivity contribution in [2.24, 2.45) is 16.3 Å². The minimum atomic E-state index is 0. The average Bonchev–Trinajstić information content (AvgIpc) is 3.15. The molecule has 2 saturated heterocycles. The van der Waals surface area contributed by atoms with Crippen LogP contribution in [-0.2, 0) is 4.74 Å². The lowest BCUT2D eigenvalue weighted by molar-refractivity contribution is -0.171. The third-order valence-electron chi connectivity index (χ3n) is 8.25. The molecule has 0 amide bonds. The number of ether oxygens (including phenoxy) is 1. The number of piperidine rings is 1. The third kappa shape index (κ3) is 3.88. The van der Waals surface area contributed by atoms with Crippen LogP contribution in [-0.4, -0.2) is 55.8 Å². The molecule has 2 aliphatic heterocycles. The summed E-state index contributed by atoms with van der Waals surface area (Å²) in [4.78, 5) is 7.19. The van der Waals surface area contributed by atoms with Gasteiger partial charge in [0, 0.05) is 56.2 Å². The van der Waals surface area contributed by atoms with Gasteiger partial charge in [0.15, 0.2) is 5.96 Å². The number of halogens is 1. The first-order chi connectivity index (χ1) is 14.2. The minimum Gasteiger partial charge on any atom is -0.377 e. The second-order valence-electron chi connectivity index (χ2n) is 9.57. The zero-order chi connectivity index (χ0) is 19.8. The molecule has 5 rings (SSSR count). The normalized spacial score (nSPS) is 31.8. The van der Waals surface area contributed by atoms with Gasteiger partial charge in [-0.3, -0.25) is 9.89 Å². The summed E-state index contributed by atoms with van der Waals surface area (Å²) in [5, 5.41) is 7.56. The fourth-order valence-electron chi connectivity index (χ4n) is 6.34. The van der Waals surface area contributed by atoms with Crippen molar-refractivity contribution in [1.82, 2.24) is 15.5 Å². The number of nitrogens with one attached hydrogen (secondary N) is 2. The quantitative estimate of drug-likeness (QED) is 0.356. The summed E-state index contributed by atoms with van der Waals surface area (Å²) in [6, 6.07) is 12.4. The van der Waals surface area contributed by atoms with E-state index in [9.17, 15) is 0 Å². The number of fused-ring (bicyclic) bond motifs is 2. The highest BCUT2D eigenvalue weighted by Gasteiger charge is 2.66. The predicted octanol–water partition coefficient (Wildman–Crippen LogP) is 3.95. The van der Waals surface area contributed by atoms with Crippen molar-refractivity contribution in [3.05, 3.63) is 35.9 Å². The molecule has 2 saturated carbocycles. The maximum absolute atomic E-state index is 6.07. The zero-order valence-electron chi connectivity index (χ0n) is 18.3. The third-order valence-corrected chi connectivity index (χ3v) is 8.25. The lowest BCUT2D eigenvalue weighted by Crippen LogP contribution is -2.72. The van der Waals surface area contributed by atoms with E-state index in [0.717, 1.165) is 25.7 Å². The van der Waals surface area contributed by atoms with Gasteiger partial charge >= 0.3 is 0 Å². The Balaban J connectivity index is 0.00000218. The van der Waals surface area contributed by atoms with E-state index in [2.05, 4.69) is 57.8 Å². The van der Waals surface area contributed by atoms with Gasteiger partial charge in [0.05, 0.1) is 6.10 Å². The molecule has 6 heteroatoms. The molecule has 4 atom stereocenters. The van der Waals surface area contributed by atoms with Crippen LogP contribution >= 0.6 is 24.0 Å². The number of aliphatic imine (C=N–C) groups is 1. The Morgan fingerprint density at radius 2 is 1.87 bits per heavy atom. The van der Waals surface area contributed by atoms with Crippen molar-refractivity contribution in [3.63, 3.8) is 0 Å². The molecule has 1 spiro atoms. The molecule has 166 valence electrons. The largest absolute Gasteiger partial charge is 0.377 e. The summed E-state index contributed by atoms with van der Waals surface area (Å²) in [5.41, 5.74) is 1.81. The van der Waals surface area contributed by atoms with Crippen LogP contribution in [0.1, 0.15) is 57.1 Å². The number of nitrogens with zero attached hydrogens (tertiary/aromatic N) is 2. The molecule has 2 heterocycles. The molecular weight excluding hydrogens is 487 g/mol. The lowest BCUT2D eigenvalue weighted by atomic mass is 9.46. The molecule has 0 radical (unpaired) electrons. The van der Waals surface area contributed by atoms with Gasteiger partial charge in [-0.05, 0) is 44.6 Å². The maximum Gasteiger partial charge on any atom is 0.191 e. The molecule has 1 aromatic rings. The smallest absolute Gasteiger partial charge is 0.191 e. The monoisotopic (exact) mass is 524 g/mol. The molecule has 2 N–H and O–H groups in total. The van der Waals surface area contributed by atoms with Crippen LogP contribution < -0.4 is 10.6 Å². The molecule has 30 heavy (non-hydrogen) atoms. The molecule has 4 fully saturated rings. The van der Waals surface area contributed by atoms with E-state index in [4.69, 9.17) is 4.74 Å². The van der Waals surface area contributed by atoms with Crippen molar-refractivity contribution in [3.8, 4) is 0 Å². The summed E-state index contributed by atoms with van der Waals surface area (Å²) >= 11 is 0. The van der Waals surface area contributed by atoms with Gasteiger partial charge in [0.2, 0.25) is 0 Å². The topological polar surface area (TPSA) is 48.9 Å². The molecule has 0 bridgehead atoms. The molecular formula is C24H37IN4O. The summed E-state index contributed by atoms with van der Waals surface area (Å²) < 4.78 is 6.07. The fourth-order valence-corrected chi connectivity index (χ4v) is 6.34. The number of likely N-dealkylation sites (tertiary alicyclic amines) is 1. The van der Waals surface area contributed by atoms with Crippen LogP contribution in [0.2, 0.25) is 0 Å². The second kappa shape index (κ2) is 9.33. The highest BCUT2D eigenvalue weighted by atomic mass is 127. The highest BCUT2D eigenvalue weighted by Crippen LogP contribution is 2.62. The predicted molar refractivity (Wildman–Crippen MR) is 132 cm³/mol. The van der Waals surface area contributed by atoms with Gasteiger partial charge in [0.25, 0.3) is 0 Å². The number of rotatable bonds is 4.